The smallest absolute Gasteiger partial charge is 0.306 e. The van der Waals surface area contributed by atoms with E-state index in [1.807, 2.05) is 12.1 Å². The Bertz CT molecular complexity index is 503. The fraction of sp³-hybridized carbons (Fsp3) is 0.588. The summed E-state index contributed by atoms with van der Waals surface area (Å²) in [5, 5.41) is 9.71. The Morgan fingerprint density at radius 2 is 2.29 bits per heavy atom. The number of aromatic hydroxyl groups is 1. The quantitative estimate of drug-likeness (QED) is 0.866. The second-order valence-corrected chi connectivity index (χ2v) is 6.25. The summed E-state index contributed by atoms with van der Waals surface area (Å²) in [5.74, 6) is 0.642. The van der Waals surface area contributed by atoms with E-state index >= 15 is 0 Å². The molecular weight excluding hydrogens is 266 g/mol. The zero-order chi connectivity index (χ0) is 15.5. The average molecular weight is 291 g/mol. The molecule has 0 spiro atoms. The number of carbonyl (C=O) groups is 1. The van der Waals surface area contributed by atoms with Gasteiger partial charge in [-0.15, -0.1) is 0 Å². The molecule has 0 aliphatic carbocycles. The van der Waals surface area contributed by atoms with E-state index < -0.39 is 0 Å². The van der Waals surface area contributed by atoms with Crippen LogP contribution in [0.5, 0.6) is 5.75 Å². The summed E-state index contributed by atoms with van der Waals surface area (Å²) in [6.45, 7) is 7.20. The minimum Gasteiger partial charge on any atom is -0.508 e. The first-order chi connectivity index (χ1) is 9.95. The lowest BCUT2D eigenvalue weighted by molar-refractivity contribution is -0.141. The number of ether oxygens (including phenoxy) is 1. The van der Waals surface area contributed by atoms with Gasteiger partial charge in [0.2, 0.25) is 0 Å². The predicted octanol–water partition coefficient (Wildman–Crippen LogP) is 2.55. The predicted molar refractivity (Wildman–Crippen MR) is 82.3 cm³/mol. The maximum atomic E-state index is 11.2. The van der Waals surface area contributed by atoms with Gasteiger partial charge in [0.25, 0.3) is 0 Å². The monoisotopic (exact) mass is 291 g/mol. The lowest BCUT2D eigenvalue weighted by Crippen LogP contribution is -2.47. The molecule has 0 aromatic heterocycles. The van der Waals surface area contributed by atoms with Crippen molar-refractivity contribution in [3.63, 3.8) is 0 Å². The van der Waals surface area contributed by atoms with E-state index in [4.69, 9.17) is 4.74 Å². The lowest BCUT2D eigenvalue weighted by atomic mass is 9.68. The number of phenols is 1. The fourth-order valence-corrected chi connectivity index (χ4v) is 3.16. The first-order valence-electron chi connectivity index (χ1n) is 7.54. The number of benzene rings is 1. The Balaban J connectivity index is 2.01. The average Bonchev–Trinajstić information content (AvgIpc) is 2.48. The van der Waals surface area contributed by atoms with Crippen LogP contribution >= 0.6 is 0 Å². The Kier molecular flexibility index (Phi) is 4.88. The minimum atomic E-state index is -0.149. The van der Waals surface area contributed by atoms with Crippen molar-refractivity contribution in [3.8, 4) is 5.75 Å². The number of methoxy groups -OCH3 is 1. The summed E-state index contributed by atoms with van der Waals surface area (Å²) in [7, 11) is 1.43. The van der Waals surface area contributed by atoms with Crippen LogP contribution in [0, 0.1) is 5.92 Å². The van der Waals surface area contributed by atoms with Crippen molar-refractivity contribution in [1.29, 1.82) is 0 Å². The van der Waals surface area contributed by atoms with Gasteiger partial charge in [-0.3, -0.25) is 4.79 Å². The first kappa shape index (κ1) is 15.8. The molecule has 0 amide bonds. The number of carbonyl (C=O) groups excluding carboxylic acids is 1. The highest BCUT2D eigenvalue weighted by Crippen LogP contribution is 2.40. The first-order valence-corrected chi connectivity index (χ1v) is 7.54. The number of likely N-dealkylation sites (tertiary alicyclic amines) is 1. The standard InChI is InChI=1S/C17H25NO3/c1-13-12-18(9-7-16(20)21-3)10-8-17(13,2)14-5-4-6-15(19)11-14/h4-6,11,13,19H,7-10,12H2,1-3H3/t13-,17+/m1/s1. The molecule has 4 nitrogen and oxygen atoms in total. The SMILES string of the molecule is COC(=O)CCN1CC[C@](C)(c2cccc(O)c2)[C@H](C)C1. The molecule has 1 aliphatic heterocycles. The van der Waals surface area contributed by atoms with Gasteiger partial charge in [-0.25, -0.2) is 0 Å². The van der Waals surface area contributed by atoms with Crippen LogP contribution in [0.15, 0.2) is 24.3 Å². The van der Waals surface area contributed by atoms with Gasteiger partial charge >= 0.3 is 5.97 Å². The highest BCUT2D eigenvalue weighted by molar-refractivity contribution is 5.69. The maximum Gasteiger partial charge on any atom is 0.306 e. The maximum absolute atomic E-state index is 11.2. The van der Waals surface area contributed by atoms with E-state index in [-0.39, 0.29) is 11.4 Å². The summed E-state index contributed by atoms with van der Waals surface area (Å²) in [6.07, 6.45) is 1.48. The second-order valence-electron chi connectivity index (χ2n) is 6.25. The van der Waals surface area contributed by atoms with Crippen LogP contribution in [0.3, 0.4) is 0 Å². The normalized spacial score (nSPS) is 26.5. The number of hydrogen-bond acceptors (Lipinski definition) is 4. The van der Waals surface area contributed by atoms with E-state index in [0.717, 1.165) is 26.1 Å². The number of phenolic OH excluding ortho intramolecular Hbond substituents is 1. The molecule has 4 heteroatoms. The third-order valence-corrected chi connectivity index (χ3v) is 4.93. The summed E-state index contributed by atoms with van der Waals surface area (Å²) < 4.78 is 4.70. The van der Waals surface area contributed by atoms with E-state index in [1.165, 1.54) is 12.7 Å². The number of hydrogen-bond donors (Lipinski definition) is 1. The van der Waals surface area contributed by atoms with Crippen molar-refractivity contribution in [2.24, 2.45) is 5.92 Å². The third-order valence-electron chi connectivity index (χ3n) is 4.93. The molecule has 1 heterocycles. The van der Waals surface area contributed by atoms with Crippen molar-refractivity contribution in [3.05, 3.63) is 29.8 Å². The van der Waals surface area contributed by atoms with E-state index in [2.05, 4.69) is 24.8 Å². The lowest BCUT2D eigenvalue weighted by Gasteiger charge is -2.45. The van der Waals surface area contributed by atoms with Crippen molar-refractivity contribution in [1.82, 2.24) is 4.90 Å². The zero-order valence-electron chi connectivity index (χ0n) is 13.1. The Hall–Kier alpha value is -1.55. The number of rotatable bonds is 4. The van der Waals surface area contributed by atoms with E-state index in [9.17, 15) is 9.90 Å². The van der Waals surface area contributed by atoms with Gasteiger partial charge in [-0.2, -0.15) is 0 Å². The molecule has 1 aromatic rings. The number of piperidine rings is 1. The minimum absolute atomic E-state index is 0.0699. The molecule has 0 bridgehead atoms. The van der Waals surface area contributed by atoms with Crippen LogP contribution in [0.1, 0.15) is 32.3 Å². The van der Waals surface area contributed by atoms with Crippen LogP contribution in [-0.2, 0) is 14.9 Å². The highest BCUT2D eigenvalue weighted by Gasteiger charge is 2.38. The van der Waals surface area contributed by atoms with Crippen LogP contribution in [0.25, 0.3) is 0 Å². The van der Waals surface area contributed by atoms with Gasteiger partial charge in [0.15, 0.2) is 0 Å². The molecule has 1 aliphatic rings. The summed E-state index contributed by atoms with van der Waals surface area (Å²) in [5.41, 5.74) is 1.27. The van der Waals surface area contributed by atoms with Crippen molar-refractivity contribution in [2.75, 3.05) is 26.7 Å². The Morgan fingerprint density at radius 3 is 2.90 bits per heavy atom. The van der Waals surface area contributed by atoms with Gasteiger partial charge in [-0.05, 0) is 42.0 Å². The summed E-state index contributed by atoms with van der Waals surface area (Å²) in [4.78, 5) is 13.6. The topological polar surface area (TPSA) is 49.8 Å². The molecule has 21 heavy (non-hydrogen) atoms. The molecule has 0 unspecified atom stereocenters. The van der Waals surface area contributed by atoms with Gasteiger partial charge < -0.3 is 14.7 Å². The second kappa shape index (κ2) is 6.48. The highest BCUT2D eigenvalue weighted by atomic mass is 16.5. The number of esters is 1. The summed E-state index contributed by atoms with van der Waals surface area (Å²) >= 11 is 0. The Labute approximate surface area is 126 Å². The van der Waals surface area contributed by atoms with Crippen molar-refractivity contribution in [2.45, 2.75) is 32.1 Å². The van der Waals surface area contributed by atoms with Gasteiger partial charge in [0.05, 0.1) is 13.5 Å². The fourth-order valence-electron chi connectivity index (χ4n) is 3.16. The molecule has 0 radical (unpaired) electrons. The van der Waals surface area contributed by atoms with Crippen LogP contribution in [-0.4, -0.2) is 42.7 Å². The van der Waals surface area contributed by atoms with Crippen molar-refractivity contribution < 1.29 is 14.6 Å². The number of nitrogens with zero attached hydrogens (tertiary/aromatic N) is 1. The third kappa shape index (κ3) is 3.56. The Morgan fingerprint density at radius 1 is 1.52 bits per heavy atom. The van der Waals surface area contributed by atoms with E-state index in [0.29, 0.717) is 18.1 Å². The van der Waals surface area contributed by atoms with Crippen molar-refractivity contribution >= 4 is 5.97 Å². The van der Waals surface area contributed by atoms with Crippen LogP contribution < -0.4 is 0 Å². The van der Waals surface area contributed by atoms with E-state index in [1.54, 1.807) is 6.07 Å². The van der Waals surface area contributed by atoms with Gasteiger partial charge in [-0.1, -0.05) is 26.0 Å². The molecular formula is C17H25NO3. The molecule has 2 rings (SSSR count). The van der Waals surface area contributed by atoms with Crippen LogP contribution in [0.4, 0.5) is 0 Å². The molecule has 2 atom stereocenters. The van der Waals surface area contributed by atoms with Gasteiger partial charge in [0, 0.05) is 13.1 Å². The molecule has 116 valence electrons. The van der Waals surface area contributed by atoms with Crippen LogP contribution in [0.2, 0.25) is 0 Å². The molecule has 1 saturated heterocycles. The molecule has 0 saturated carbocycles. The summed E-state index contributed by atoms with van der Waals surface area (Å²) in [6, 6.07) is 7.59. The largest absolute Gasteiger partial charge is 0.508 e. The molecule has 1 aromatic carbocycles. The van der Waals surface area contributed by atoms with Gasteiger partial charge in [0.1, 0.15) is 5.75 Å². The zero-order valence-corrected chi connectivity index (χ0v) is 13.1. The molecule has 1 N–H and O–H groups in total. The molecule has 1 fully saturated rings.